The van der Waals surface area contributed by atoms with E-state index in [9.17, 15) is 13.6 Å². The molecule has 164 valence electrons. The Balaban J connectivity index is 1.44. The van der Waals surface area contributed by atoms with Gasteiger partial charge in [-0.25, -0.2) is 8.78 Å². The number of carbonyl (C=O) groups excluding carboxylic acids is 1. The van der Waals surface area contributed by atoms with Crippen molar-refractivity contribution in [2.75, 3.05) is 0 Å². The van der Waals surface area contributed by atoms with Gasteiger partial charge in [0, 0.05) is 35.2 Å². The molecule has 1 saturated carbocycles. The third kappa shape index (κ3) is 5.32. The highest BCUT2D eigenvalue weighted by molar-refractivity contribution is 7.14. The van der Waals surface area contributed by atoms with Gasteiger partial charge in [0.25, 0.3) is 0 Å². The van der Waals surface area contributed by atoms with Crippen molar-refractivity contribution in [1.29, 1.82) is 0 Å². The van der Waals surface area contributed by atoms with Gasteiger partial charge in [-0.2, -0.15) is 0 Å². The van der Waals surface area contributed by atoms with Gasteiger partial charge in [-0.15, -0.1) is 10.2 Å². The largest absolute Gasteiger partial charge is 0.299 e. The second-order valence-corrected chi connectivity index (χ2v) is 9.88. The molecule has 1 aromatic carbocycles. The normalized spacial score (nSPS) is 20.1. The van der Waals surface area contributed by atoms with Gasteiger partial charge in [0.15, 0.2) is 0 Å². The molecule has 1 atom stereocenters. The number of alkyl halides is 1. The maximum absolute atomic E-state index is 14.6. The molecule has 4 rings (SSSR count). The van der Waals surface area contributed by atoms with Crippen LogP contribution < -0.4 is 0 Å². The van der Waals surface area contributed by atoms with Crippen molar-refractivity contribution in [3.05, 3.63) is 40.9 Å². The number of Topliss-reactive ketones (excluding diaryl/α,β-unsaturated/α-hetero) is 1. The minimum atomic E-state index is -0.750. The summed E-state index contributed by atoms with van der Waals surface area (Å²) in [5.41, 5.74) is 1.34. The Hall–Kier alpha value is -2.28. The standard InChI is InChI=1S/C24H27F2N3OS/c1-14(25)3-4-16-5-7-17(8-6-16)23(30)12-20-10-18-9-19(24-29-28-15(2)31-24)11-22(26)21(18)13-27-20/h9-11,13-14,16-17H,3-8,12H2,1-2H3. The van der Waals surface area contributed by atoms with E-state index < -0.39 is 6.17 Å². The van der Waals surface area contributed by atoms with Crippen LogP contribution >= 0.6 is 11.3 Å². The monoisotopic (exact) mass is 443 g/mol. The van der Waals surface area contributed by atoms with E-state index in [4.69, 9.17) is 0 Å². The molecule has 2 heterocycles. The SMILES string of the molecule is Cc1nnc(-c2cc(F)c3cnc(CC(=O)C4CCC(CCC(C)F)CC4)cc3c2)s1. The second kappa shape index (κ2) is 9.47. The van der Waals surface area contributed by atoms with E-state index >= 15 is 0 Å². The lowest BCUT2D eigenvalue weighted by atomic mass is 9.77. The molecule has 2 aromatic heterocycles. The second-order valence-electron chi connectivity index (χ2n) is 8.70. The lowest BCUT2D eigenvalue weighted by molar-refractivity contribution is -0.123. The fourth-order valence-electron chi connectivity index (χ4n) is 4.45. The number of ketones is 1. The zero-order valence-corrected chi connectivity index (χ0v) is 18.7. The number of fused-ring (bicyclic) bond motifs is 1. The Bertz CT molecular complexity index is 1070. The maximum atomic E-state index is 14.6. The van der Waals surface area contributed by atoms with Gasteiger partial charge in [-0.1, -0.05) is 11.3 Å². The van der Waals surface area contributed by atoms with Crippen LogP contribution in [0.15, 0.2) is 24.4 Å². The van der Waals surface area contributed by atoms with Gasteiger partial charge in [-0.05, 0) is 81.9 Å². The zero-order valence-electron chi connectivity index (χ0n) is 17.9. The fraction of sp³-hybridized carbons (Fsp3) is 0.500. The number of aryl methyl sites for hydroxylation is 1. The molecule has 3 aromatic rings. The van der Waals surface area contributed by atoms with Crippen molar-refractivity contribution in [2.45, 2.75) is 65.0 Å². The van der Waals surface area contributed by atoms with Crippen LogP contribution in [0.2, 0.25) is 0 Å². The molecule has 4 nitrogen and oxygen atoms in total. The first-order valence-corrected chi connectivity index (χ1v) is 11.8. The van der Waals surface area contributed by atoms with Crippen LogP contribution in [0, 0.1) is 24.6 Å². The van der Waals surface area contributed by atoms with Crippen LogP contribution in [-0.2, 0) is 11.2 Å². The van der Waals surface area contributed by atoms with Crippen LogP contribution in [0.1, 0.15) is 56.2 Å². The van der Waals surface area contributed by atoms with Crippen molar-refractivity contribution in [1.82, 2.24) is 15.2 Å². The average Bonchev–Trinajstić information content (AvgIpc) is 3.18. The summed E-state index contributed by atoms with van der Waals surface area (Å²) in [5.74, 6) is 0.419. The summed E-state index contributed by atoms with van der Waals surface area (Å²) in [4.78, 5) is 17.2. The van der Waals surface area contributed by atoms with Crippen molar-refractivity contribution >= 4 is 27.9 Å². The number of benzene rings is 1. The maximum Gasteiger partial charge on any atom is 0.147 e. The highest BCUT2D eigenvalue weighted by atomic mass is 32.1. The first-order valence-electron chi connectivity index (χ1n) is 10.9. The Kier molecular flexibility index (Phi) is 6.70. The smallest absolute Gasteiger partial charge is 0.147 e. The van der Waals surface area contributed by atoms with Crippen LogP contribution in [-0.4, -0.2) is 27.1 Å². The Morgan fingerprint density at radius 3 is 2.65 bits per heavy atom. The number of hydrogen-bond donors (Lipinski definition) is 0. The van der Waals surface area contributed by atoms with Gasteiger partial charge in [0.1, 0.15) is 21.6 Å². The van der Waals surface area contributed by atoms with Gasteiger partial charge >= 0.3 is 0 Å². The van der Waals surface area contributed by atoms with Gasteiger partial charge in [0.2, 0.25) is 0 Å². The summed E-state index contributed by atoms with van der Waals surface area (Å²) in [7, 11) is 0. The first kappa shape index (κ1) is 21.9. The summed E-state index contributed by atoms with van der Waals surface area (Å²) in [5, 5.41) is 10.8. The summed E-state index contributed by atoms with van der Waals surface area (Å²) < 4.78 is 27.7. The molecule has 1 fully saturated rings. The van der Waals surface area contributed by atoms with Crippen molar-refractivity contribution in [3.8, 4) is 10.6 Å². The summed E-state index contributed by atoms with van der Waals surface area (Å²) >= 11 is 1.42. The highest BCUT2D eigenvalue weighted by Crippen LogP contribution is 2.33. The highest BCUT2D eigenvalue weighted by Gasteiger charge is 2.26. The Morgan fingerprint density at radius 2 is 1.97 bits per heavy atom. The molecule has 1 aliphatic carbocycles. The number of carbonyl (C=O) groups is 1. The van der Waals surface area contributed by atoms with E-state index in [1.54, 1.807) is 6.92 Å². The minimum Gasteiger partial charge on any atom is -0.299 e. The molecular formula is C24H27F2N3OS. The van der Waals surface area contributed by atoms with Gasteiger partial charge in [0.05, 0.1) is 6.17 Å². The minimum absolute atomic E-state index is 0.0454. The number of nitrogens with zero attached hydrogens (tertiary/aromatic N) is 3. The molecule has 0 aliphatic heterocycles. The molecule has 0 bridgehead atoms. The fourth-order valence-corrected chi connectivity index (χ4v) is 5.13. The van der Waals surface area contributed by atoms with Crippen molar-refractivity contribution < 1.29 is 13.6 Å². The third-order valence-electron chi connectivity index (χ3n) is 6.25. The van der Waals surface area contributed by atoms with Crippen molar-refractivity contribution in [3.63, 3.8) is 0 Å². The van der Waals surface area contributed by atoms with Gasteiger partial charge in [-0.3, -0.25) is 9.78 Å². The van der Waals surface area contributed by atoms with Crippen LogP contribution in [0.25, 0.3) is 21.3 Å². The predicted molar refractivity (Wildman–Crippen MR) is 119 cm³/mol. The van der Waals surface area contributed by atoms with Crippen molar-refractivity contribution in [2.24, 2.45) is 11.8 Å². The van der Waals surface area contributed by atoms with Crippen LogP contribution in [0.5, 0.6) is 0 Å². The molecule has 0 spiro atoms. The number of rotatable bonds is 7. The summed E-state index contributed by atoms with van der Waals surface area (Å²) in [6.45, 7) is 3.47. The van der Waals surface area contributed by atoms with E-state index in [1.807, 2.05) is 19.1 Å². The number of hydrogen-bond acceptors (Lipinski definition) is 5. The number of aromatic nitrogens is 3. The van der Waals surface area contributed by atoms with Crippen LogP contribution in [0.3, 0.4) is 0 Å². The molecule has 0 amide bonds. The number of halogens is 2. The van der Waals surface area contributed by atoms with E-state index in [-0.39, 0.29) is 23.9 Å². The average molecular weight is 444 g/mol. The lowest BCUT2D eigenvalue weighted by Gasteiger charge is -2.27. The number of pyridine rings is 1. The van der Waals surface area contributed by atoms with E-state index in [1.165, 1.54) is 23.6 Å². The van der Waals surface area contributed by atoms with Gasteiger partial charge < -0.3 is 0 Å². The zero-order chi connectivity index (χ0) is 22.0. The Morgan fingerprint density at radius 1 is 1.19 bits per heavy atom. The predicted octanol–water partition coefficient (Wildman–Crippen LogP) is 6.26. The molecule has 7 heteroatoms. The van der Waals surface area contributed by atoms with E-state index in [0.717, 1.165) is 37.1 Å². The molecule has 0 N–H and O–H groups in total. The third-order valence-corrected chi connectivity index (χ3v) is 7.13. The van der Waals surface area contributed by atoms with Crippen LogP contribution in [0.4, 0.5) is 8.78 Å². The molecule has 1 aliphatic rings. The summed E-state index contributed by atoms with van der Waals surface area (Å²) in [6, 6.07) is 5.14. The topological polar surface area (TPSA) is 55.7 Å². The molecular weight excluding hydrogens is 416 g/mol. The van der Waals surface area contributed by atoms with E-state index in [0.29, 0.717) is 39.4 Å². The molecule has 0 saturated heterocycles. The lowest BCUT2D eigenvalue weighted by Crippen LogP contribution is -2.23. The molecule has 31 heavy (non-hydrogen) atoms. The molecule has 1 unspecified atom stereocenters. The molecule has 0 radical (unpaired) electrons. The first-order chi connectivity index (χ1) is 14.9. The van der Waals surface area contributed by atoms with E-state index in [2.05, 4.69) is 15.2 Å². The Labute approximate surface area is 185 Å². The quantitative estimate of drug-likeness (QED) is 0.433. The summed E-state index contributed by atoms with van der Waals surface area (Å²) in [6.07, 6.45) is 6.26.